The minimum atomic E-state index is -3.18. The molecule has 0 saturated heterocycles. The molecule has 0 aromatic heterocycles. The van der Waals surface area contributed by atoms with Gasteiger partial charge in [0.05, 0.1) is 13.2 Å². The molecule has 0 heterocycles. The Kier molecular flexibility index (Phi) is 14.6. The van der Waals surface area contributed by atoms with Gasteiger partial charge in [-0.15, -0.1) is 0 Å². The van der Waals surface area contributed by atoms with Crippen molar-refractivity contribution in [2.24, 2.45) is 5.41 Å². The van der Waals surface area contributed by atoms with Crippen molar-refractivity contribution in [1.82, 2.24) is 0 Å². The molecule has 212 valence electrons. The smallest absolute Gasteiger partial charge is 0.294 e. The maximum atomic E-state index is 12.0. The maximum absolute atomic E-state index is 12.0. The van der Waals surface area contributed by atoms with E-state index in [0.29, 0.717) is 27.1 Å². The molecule has 0 atom stereocenters. The van der Waals surface area contributed by atoms with Crippen molar-refractivity contribution >= 4 is 14.3 Å². The van der Waals surface area contributed by atoms with Gasteiger partial charge in [0.15, 0.2) is 0 Å². The zero-order chi connectivity index (χ0) is 29.0. The van der Waals surface area contributed by atoms with Gasteiger partial charge in [-0.3, -0.25) is 0 Å². The molecule has 0 aliphatic rings. The van der Waals surface area contributed by atoms with E-state index in [4.69, 9.17) is 9.47 Å². The summed E-state index contributed by atoms with van der Waals surface area (Å²) in [5.41, 5.74) is -3.41. The fourth-order valence-corrected chi connectivity index (χ4v) is 2.98. The van der Waals surface area contributed by atoms with Gasteiger partial charge < -0.3 is 18.6 Å². The molecule has 2 aromatic carbocycles. The molecule has 4 nitrogen and oxygen atoms in total. The summed E-state index contributed by atoms with van der Waals surface area (Å²) in [6.45, 7) is 7.02. The van der Waals surface area contributed by atoms with E-state index >= 15 is 0 Å². The lowest BCUT2D eigenvalue weighted by Crippen LogP contribution is -2.36. The fraction of sp³-hybridized carbons (Fsp3) is 0.556. The van der Waals surface area contributed by atoms with E-state index in [1.54, 1.807) is 14.2 Å². The summed E-state index contributed by atoms with van der Waals surface area (Å²) < 4.78 is 79.9. The molecule has 0 aliphatic carbocycles. The van der Waals surface area contributed by atoms with Crippen LogP contribution >= 0.6 is 14.3 Å². The fourth-order valence-electron chi connectivity index (χ4n) is 2.98. The molecule has 0 N–H and O–H groups in total. The first-order valence-corrected chi connectivity index (χ1v) is 16.9. The lowest BCUT2D eigenvalue weighted by Gasteiger charge is -2.33. The van der Waals surface area contributed by atoms with Crippen LogP contribution < -0.4 is 0 Å². The maximum Gasteiger partial charge on any atom is 0.294 e. The Morgan fingerprint density at radius 1 is 0.622 bits per heavy atom. The number of halogens is 4. The molecule has 2 aromatic rings. The molecular formula is C27H42F4O4P2. The van der Waals surface area contributed by atoms with Crippen molar-refractivity contribution in [3.05, 3.63) is 71.8 Å². The van der Waals surface area contributed by atoms with Crippen LogP contribution in [0.5, 0.6) is 0 Å². The summed E-state index contributed by atoms with van der Waals surface area (Å²) in [5.74, 6) is 0. The number of hydrogen-bond acceptors (Lipinski definition) is 4. The quantitative estimate of drug-likeness (QED) is 0.214. The molecule has 37 heavy (non-hydrogen) atoms. The highest BCUT2D eigenvalue weighted by Gasteiger charge is 2.37. The Morgan fingerprint density at radius 2 is 0.865 bits per heavy atom. The van der Waals surface area contributed by atoms with Crippen LogP contribution in [0.4, 0.5) is 17.6 Å². The Hall–Kier alpha value is -1.46. The van der Waals surface area contributed by atoms with Crippen LogP contribution in [0.1, 0.15) is 25.0 Å². The standard InChI is InChI=1S/C19H24O2.2C4H9F2OP/c1-20-15-19(16-21-2,13-17-9-5-3-6-10-17)14-18-11-7-4-8-12-18;2*1-4(5,6)8(2,3)7/h3-12H,13-16H2,1-2H3;2*1-3H3. The monoisotopic (exact) mass is 568 g/mol. The Bertz CT molecular complexity index is 897. The molecule has 0 amide bonds. The Morgan fingerprint density at radius 3 is 1.05 bits per heavy atom. The highest BCUT2D eigenvalue weighted by atomic mass is 31.2. The zero-order valence-corrected chi connectivity index (χ0v) is 24.9. The first kappa shape index (κ1) is 35.5. The van der Waals surface area contributed by atoms with Crippen LogP contribution in [0.3, 0.4) is 0 Å². The SMILES string of the molecule is CC(F)(F)P(C)(C)=O.CC(F)(F)P(C)(C)=O.COCC(COC)(Cc1ccccc1)Cc1ccccc1. The number of hydrogen-bond donors (Lipinski definition) is 0. The van der Waals surface area contributed by atoms with Crippen molar-refractivity contribution in [2.45, 2.75) is 38.0 Å². The van der Waals surface area contributed by atoms with Crippen LogP contribution in [-0.2, 0) is 31.4 Å². The number of methoxy groups -OCH3 is 2. The van der Waals surface area contributed by atoms with Crippen LogP contribution in [0, 0.1) is 5.41 Å². The minimum absolute atomic E-state index is 0.0355. The number of ether oxygens (including phenoxy) is 2. The third-order valence-corrected chi connectivity index (χ3v) is 9.42. The van der Waals surface area contributed by atoms with Crippen LogP contribution in [0.25, 0.3) is 0 Å². The lowest BCUT2D eigenvalue weighted by molar-refractivity contribution is 0.0102. The second kappa shape index (κ2) is 15.2. The van der Waals surface area contributed by atoms with Gasteiger partial charge in [0.1, 0.15) is 14.3 Å². The largest absolute Gasteiger partial charge is 0.384 e. The summed E-state index contributed by atoms with van der Waals surface area (Å²) in [6.07, 6.45) is 1.90. The van der Waals surface area contributed by atoms with Crippen molar-refractivity contribution in [3.63, 3.8) is 0 Å². The molecule has 0 saturated carbocycles. The Labute approximate surface area is 219 Å². The second-order valence-corrected chi connectivity index (χ2v) is 17.1. The molecule has 0 fully saturated rings. The van der Waals surface area contributed by atoms with Gasteiger partial charge in [-0.1, -0.05) is 60.7 Å². The van der Waals surface area contributed by atoms with Crippen LogP contribution in [0.15, 0.2) is 60.7 Å². The summed E-state index contributed by atoms with van der Waals surface area (Å²) in [4.78, 5) is 0. The number of benzene rings is 2. The normalized spacial score (nSPS) is 12.6. The molecule has 2 rings (SSSR count). The van der Waals surface area contributed by atoms with Gasteiger partial charge in [-0.05, 0) is 50.6 Å². The van der Waals surface area contributed by atoms with Crippen molar-refractivity contribution in [3.8, 4) is 0 Å². The minimum Gasteiger partial charge on any atom is -0.384 e. The third-order valence-electron chi connectivity index (χ3n) is 5.64. The van der Waals surface area contributed by atoms with Crippen molar-refractivity contribution in [2.75, 3.05) is 54.1 Å². The second-order valence-electron chi connectivity index (χ2n) is 10.1. The van der Waals surface area contributed by atoms with E-state index in [1.165, 1.54) is 11.1 Å². The summed E-state index contributed by atoms with van der Waals surface area (Å²) >= 11 is 0. The average molecular weight is 569 g/mol. The van der Waals surface area contributed by atoms with E-state index < -0.39 is 25.6 Å². The molecule has 10 heteroatoms. The van der Waals surface area contributed by atoms with Crippen molar-refractivity contribution in [1.29, 1.82) is 0 Å². The van der Waals surface area contributed by atoms with Crippen molar-refractivity contribution < 1.29 is 36.2 Å². The summed E-state index contributed by atoms with van der Waals surface area (Å²) in [7, 11) is -2.84. The first-order valence-electron chi connectivity index (χ1n) is 11.7. The van der Waals surface area contributed by atoms with E-state index in [1.807, 2.05) is 0 Å². The van der Waals surface area contributed by atoms with Gasteiger partial charge in [0, 0.05) is 33.5 Å². The predicted octanol–water partition coefficient (Wildman–Crippen LogP) is 8.19. The van der Waals surface area contributed by atoms with E-state index in [9.17, 15) is 26.7 Å². The molecule has 0 bridgehead atoms. The topological polar surface area (TPSA) is 52.6 Å². The third kappa shape index (κ3) is 14.3. The lowest BCUT2D eigenvalue weighted by atomic mass is 9.77. The van der Waals surface area contributed by atoms with Gasteiger partial charge >= 0.3 is 0 Å². The molecule has 0 spiro atoms. The summed E-state index contributed by atoms with van der Waals surface area (Å²) in [6, 6.07) is 21.1. The first-order chi connectivity index (χ1) is 16.8. The number of alkyl halides is 4. The highest BCUT2D eigenvalue weighted by molar-refractivity contribution is 7.63. The van der Waals surface area contributed by atoms with Gasteiger partial charge in [-0.25, -0.2) is 0 Å². The highest BCUT2D eigenvalue weighted by Crippen LogP contribution is 2.53. The number of rotatable bonds is 10. The molecule has 0 aliphatic heterocycles. The predicted molar refractivity (Wildman–Crippen MR) is 147 cm³/mol. The van der Waals surface area contributed by atoms with Crippen LogP contribution in [-0.4, -0.2) is 65.4 Å². The van der Waals surface area contributed by atoms with E-state index in [2.05, 4.69) is 60.7 Å². The van der Waals surface area contributed by atoms with Gasteiger partial charge in [0.25, 0.3) is 11.3 Å². The van der Waals surface area contributed by atoms with E-state index in [-0.39, 0.29) is 5.41 Å². The summed E-state index contributed by atoms with van der Waals surface area (Å²) in [5, 5.41) is 0. The van der Waals surface area contributed by atoms with Gasteiger partial charge in [0.2, 0.25) is 0 Å². The molecular weight excluding hydrogens is 526 g/mol. The van der Waals surface area contributed by atoms with Gasteiger partial charge in [-0.2, -0.15) is 17.6 Å². The average Bonchev–Trinajstić information content (AvgIpc) is 2.73. The molecule has 0 radical (unpaired) electrons. The van der Waals surface area contributed by atoms with E-state index in [0.717, 1.165) is 39.5 Å². The zero-order valence-electron chi connectivity index (χ0n) is 23.1. The Balaban J connectivity index is 0.000000669. The molecule has 0 unspecified atom stereocenters. The van der Waals surface area contributed by atoms with Crippen LogP contribution in [0.2, 0.25) is 0 Å².